The number of esters is 1. The zero-order chi connectivity index (χ0) is 18.0. The summed E-state index contributed by atoms with van der Waals surface area (Å²) in [4.78, 5) is 9.84. The van der Waals surface area contributed by atoms with E-state index in [0.717, 1.165) is 6.08 Å². The molecule has 0 unspecified atom stereocenters. The summed E-state index contributed by atoms with van der Waals surface area (Å²) < 4.78 is 21.3. The van der Waals surface area contributed by atoms with Crippen LogP contribution in [0.25, 0.3) is 0 Å². The molecule has 0 spiro atoms. The number of hydrogen-bond acceptors (Lipinski definition) is 9. The molecular formula is C13H28O5S4Si. The SMILES string of the molecule is C=CC(=O)OC.CCCSSSS[Si](OCC)(OCC)OCC. The van der Waals surface area contributed by atoms with Gasteiger partial charge in [0.05, 0.1) is 7.11 Å². The minimum absolute atomic E-state index is 0.394. The summed E-state index contributed by atoms with van der Waals surface area (Å²) in [5.41, 5.74) is 0. The molecule has 0 atom stereocenters. The molecule has 0 rings (SSSR count). The first-order chi connectivity index (χ1) is 11.1. The van der Waals surface area contributed by atoms with E-state index in [1.807, 2.05) is 31.6 Å². The van der Waals surface area contributed by atoms with Crippen LogP contribution in [0.15, 0.2) is 12.7 Å². The molecule has 0 heterocycles. The Kier molecular flexibility index (Phi) is 21.5. The van der Waals surface area contributed by atoms with Crippen molar-refractivity contribution in [1.82, 2.24) is 0 Å². The Labute approximate surface area is 156 Å². The Morgan fingerprint density at radius 1 is 1.04 bits per heavy atom. The third-order valence-corrected chi connectivity index (χ3v) is 14.7. The third-order valence-electron chi connectivity index (χ3n) is 1.83. The maximum atomic E-state index is 9.84. The van der Waals surface area contributed by atoms with Crippen LogP contribution in [0.4, 0.5) is 0 Å². The van der Waals surface area contributed by atoms with Gasteiger partial charge in [-0.3, -0.25) is 0 Å². The van der Waals surface area contributed by atoms with E-state index in [4.69, 9.17) is 13.3 Å². The van der Waals surface area contributed by atoms with Crippen molar-refractivity contribution < 1.29 is 22.8 Å². The van der Waals surface area contributed by atoms with E-state index in [2.05, 4.69) is 18.2 Å². The number of rotatable bonds is 13. The van der Waals surface area contributed by atoms with E-state index < -0.39 is 13.9 Å². The lowest BCUT2D eigenvalue weighted by molar-refractivity contribution is -0.134. The van der Waals surface area contributed by atoms with E-state index in [1.54, 1.807) is 29.9 Å². The van der Waals surface area contributed by atoms with Crippen molar-refractivity contribution in [3.8, 4) is 0 Å². The van der Waals surface area contributed by atoms with Gasteiger partial charge in [-0.1, -0.05) is 24.3 Å². The van der Waals surface area contributed by atoms with Crippen molar-refractivity contribution in [2.75, 3.05) is 32.7 Å². The Bertz CT molecular complexity index is 281. The van der Waals surface area contributed by atoms with E-state index in [1.165, 1.54) is 19.3 Å². The van der Waals surface area contributed by atoms with Crippen LogP contribution in [0, 0.1) is 0 Å². The maximum absolute atomic E-state index is 9.84. The van der Waals surface area contributed by atoms with Crippen LogP contribution in [0.2, 0.25) is 0 Å². The van der Waals surface area contributed by atoms with Crippen molar-refractivity contribution in [3.63, 3.8) is 0 Å². The summed E-state index contributed by atoms with van der Waals surface area (Å²) in [7, 11) is 5.76. The molecule has 0 amide bonds. The quantitative estimate of drug-likeness (QED) is 0.135. The summed E-state index contributed by atoms with van der Waals surface area (Å²) >= 11 is 0. The minimum Gasteiger partial charge on any atom is -0.466 e. The molecule has 0 aromatic heterocycles. The molecule has 0 fully saturated rings. The van der Waals surface area contributed by atoms with Crippen molar-refractivity contribution >= 4 is 54.6 Å². The normalized spacial score (nSPS) is 10.7. The number of carbonyl (C=O) groups is 1. The molecule has 138 valence electrons. The Morgan fingerprint density at radius 3 is 1.87 bits per heavy atom. The average Bonchev–Trinajstić information content (AvgIpc) is 2.55. The number of carbonyl (C=O) groups excluding carboxylic acids is 1. The van der Waals surface area contributed by atoms with Gasteiger partial charge < -0.3 is 18.0 Å². The highest BCUT2D eigenvalue weighted by Crippen LogP contribution is 2.48. The first-order valence-corrected chi connectivity index (χ1v) is 14.7. The summed E-state index contributed by atoms with van der Waals surface area (Å²) in [6.07, 6.45) is 2.31. The van der Waals surface area contributed by atoms with Crippen molar-refractivity contribution in [3.05, 3.63) is 12.7 Å². The first kappa shape index (κ1) is 25.9. The highest BCUT2D eigenvalue weighted by Gasteiger charge is 2.43. The van der Waals surface area contributed by atoms with Crippen LogP contribution in [0.5, 0.6) is 0 Å². The fourth-order valence-corrected chi connectivity index (χ4v) is 15.1. The van der Waals surface area contributed by atoms with Gasteiger partial charge >= 0.3 is 13.9 Å². The monoisotopic (exact) mass is 420 g/mol. The van der Waals surface area contributed by atoms with Gasteiger partial charge in [-0.2, -0.15) is 0 Å². The number of hydrogen-bond donors (Lipinski definition) is 0. The van der Waals surface area contributed by atoms with Gasteiger partial charge in [0.25, 0.3) is 0 Å². The zero-order valence-electron chi connectivity index (χ0n) is 14.5. The second-order valence-corrected chi connectivity index (χ2v) is 14.0. The van der Waals surface area contributed by atoms with Crippen LogP contribution in [-0.2, 0) is 22.8 Å². The van der Waals surface area contributed by atoms with Gasteiger partial charge in [-0.25, -0.2) is 4.79 Å². The molecule has 10 heteroatoms. The van der Waals surface area contributed by atoms with Gasteiger partial charge in [-0.05, 0) is 57.1 Å². The summed E-state index contributed by atoms with van der Waals surface area (Å²) in [5.74, 6) is 0.778. The molecule has 0 aliphatic rings. The summed E-state index contributed by atoms with van der Waals surface area (Å²) in [6, 6.07) is 0. The van der Waals surface area contributed by atoms with Crippen molar-refractivity contribution in [2.24, 2.45) is 0 Å². The lowest BCUT2D eigenvalue weighted by Gasteiger charge is -2.25. The van der Waals surface area contributed by atoms with E-state index >= 15 is 0 Å². The van der Waals surface area contributed by atoms with E-state index in [-0.39, 0.29) is 0 Å². The molecule has 5 nitrogen and oxygen atoms in total. The smallest absolute Gasteiger partial charge is 0.466 e. The fourth-order valence-electron chi connectivity index (χ4n) is 1.00. The molecule has 0 radical (unpaired) electrons. The van der Waals surface area contributed by atoms with Crippen LogP contribution >= 0.6 is 40.7 Å². The highest BCUT2D eigenvalue weighted by molar-refractivity contribution is 9.28. The molecule has 0 saturated carbocycles. The molecular weight excluding hydrogens is 392 g/mol. The molecule has 0 aromatic carbocycles. The zero-order valence-corrected chi connectivity index (χ0v) is 18.8. The third kappa shape index (κ3) is 15.9. The van der Waals surface area contributed by atoms with Crippen molar-refractivity contribution in [2.45, 2.75) is 34.1 Å². The lowest BCUT2D eigenvalue weighted by atomic mass is 10.6. The molecule has 0 bridgehead atoms. The highest BCUT2D eigenvalue weighted by atomic mass is 33.7. The fraction of sp³-hybridized carbons (Fsp3) is 0.769. The minimum atomic E-state index is -2.51. The molecule has 23 heavy (non-hydrogen) atoms. The Balaban J connectivity index is 0. The molecule has 0 aromatic rings. The maximum Gasteiger partial charge on any atom is 0.585 e. The topological polar surface area (TPSA) is 54.0 Å². The first-order valence-electron chi connectivity index (χ1n) is 7.31. The van der Waals surface area contributed by atoms with Gasteiger partial charge in [-0.15, -0.1) is 0 Å². The van der Waals surface area contributed by atoms with Gasteiger partial charge in [0, 0.05) is 31.6 Å². The van der Waals surface area contributed by atoms with Gasteiger partial charge in [0.15, 0.2) is 0 Å². The second kappa shape index (κ2) is 19.0. The van der Waals surface area contributed by atoms with Gasteiger partial charge in [0.1, 0.15) is 0 Å². The van der Waals surface area contributed by atoms with E-state index in [9.17, 15) is 4.79 Å². The second-order valence-electron chi connectivity index (χ2n) is 3.57. The molecule has 0 aliphatic carbocycles. The Morgan fingerprint density at radius 2 is 1.57 bits per heavy atom. The van der Waals surface area contributed by atoms with Crippen LogP contribution in [-0.4, -0.2) is 46.6 Å². The summed E-state index contributed by atoms with van der Waals surface area (Å²) in [5, 5.41) is 0. The van der Waals surface area contributed by atoms with Gasteiger partial charge in [0.2, 0.25) is 0 Å². The summed E-state index contributed by atoms with van der Waals surface area (Å²) in [6.45, 7) is 13.2. The van der Waals surface area contributed by atoms with Crippen LogP contribution in [0.3, 0.4) is 0 Å². The number of methoxy groups -OCH3 is 1. The number of ether oxygens (including phenoxy) is 1. The van der Waals surface area contributed by atoms with E-state index in [0.29, 0.717) is 19.8 Å². The van der Waals surface area contributed by atoms with Crippen LogP contribution in [0.1, 0.15) is 34.1 Å². The largest absolute Gasteiger partial charge is 0.585 e. The average molecular weight is 421 g/mol. The Hall–Kier alpha value is 0.707. The molecule has 0 N–H and O–H groups in total. The molecule has 0 aliphatic heterocycles. The molecule has 0 saturated heterocycles. The van der Waals surface area contributed by atoms with Crippen molar-refractivity contribution in [1.29, 1.82) is 0 Å². The lowest BCUT2D eigenvalue weighted by Crippen LogP contribution is -2.42. The standard InChI is InChI=1S/C9H22O3S4Si.C4H6O2/c1-5-9-13-14-15-16-17(10-6-2,11-7-3)12-8-4;1-3-4(5)6-2/h5-9H2,1-4H3;3H,1H2,2H3. The van der Waals surface area contributed by atoms with Crippen LogP contribution < -0.4 is 0 Å². The predicted molar refractivity (Wildman–Crippen MR) is 108 cm³/mol. The predicted octanol–water partition coefficient (Wildman–Crippen LogP) is 4.96.